The van der Waals surface area contributed by atoms with Gasteiger partial charge in [-0.05, 0) is 92.6 Å². The third kappa shape index (κ3) is 6.76. The first kappa shape index (κ1) is 33.2. The SMILES string of the molecule is CSC(=N)C(=O)N1CCC[C@H]1C(=O)Nc1ccc(-c2cnc(-c3ccc(NC(=O)[C@@H]4CCCN4C(=O)c4nc5ccccc5s4)cc3)o2)cc1. The molecule has 4 amide bonds. The quantitative estimate of drug-likeness (QED) is 0.134. The molecule has 0 spiro atoms. The molecule has 12 nitrogen and oxygen atoms in total. The number of aromatic nitrogens is 2. The Balaban J connectivity index is 0.955. The second-order valence-corrected chi connectivity index (χ2v) is 13.8. The number of thiazole rings is 1. The van der Waals surface area contributed by atoms with Crippen molar-refractivity contribution in [1.29, 1.82) is 5.41 Å². The largest absolute Gasteiger partial charge is 0.436 e. The van der Waals surface area contributed by atoms with E-state index in [-0.39, 0.29) is 22.8 Å². The van der Waals surface area contributed by atoms with Crippen molar-refractivity contribution in [3.8, 4) is 22.8 Å². The number of oxazole rings is 1. The molecule has 0 unspecified atom stereocenters. The van der Waals surface area contributed by atoms with E-state index in [1.165, 1.54) is 16.2 Å². The molecule has 0 bridgehead atoms. The van der Waals surface area contributed by atoms with Crippen LogP contribution in [0.3, 0.4) is 0 Å². The Bertz CT molecular complexity index is 2060. The molecule has 7 rings (SSSR count). The number of nitrogens with one attached hydrogen (secondary N) is 3. The van der Waals surface area contributed by atoms with E-state index in [1.54, 1.807) is 53.8 Å². The Morgan fingerprint density at radius 1 is 0.840 bits per heavy atom. The van der Waals surface area contributed by atoms with Crippen molar-refractivity contribution in [2.75, 3.05) is 30.0 Å². The number of rotatable bonds is 7. The molecule has 14 heteroatoms. The van der Waals surface area contributed by atoms with Gasteiger partial charge in [0, 0.05) is 35.6 Å². The fourth-order valence-corrected chi connectivity index (χ4v) is 7.49. The van der Waals surface area contributed by atoms with Gasteiger partial charge in [0.05, 0.1) is 16.4 Å². The number of benzene rings is 3. The van der Waals surface area contributed by atoms with E-state index in [0.29, 0.717) is 60.4 Å². The molecule has 4 heterocycles. The van der Waals surface area contributed by atoms with Gasteiger partial charge in [-0.1, -0.05) is 12.1 Å². The molecule has 2 saturated heterocycles. The Kier molecular flexibility index (Phi) is 9.46. The summed E-state index contributed by atoms with van der Waals surface area (Å²) in [6, 6.07) is 20.7. The van der Waals surface area contributed by atoms with E-state index in [4.69, 9.17) is 9.83 Å². The molecule has 50 heavy (non-hydrogen) atoms. The van der Waals surface area contributed by atoms with Crippen LogP contribution in [0.2, 0.25) is 0 Å². The zero-order valence-electron chi connectivity index (χ0n) is 27.0. The summed E-state index contributed by atoms with van der Waals surface area (Å²) in [6.07, 6.45) is 5.88. The highest BCUT2D eigenvalue weighted by atomic mass is 32.2. The van der Waals surface area contributed by atoms with Crippen LogP contribution in [0, 0.1) is 5.41 Å². The van der Waals surface area contributed by atoms with Gasteiger partial charge in [-0.15, -0.1) is 23.1 Å². The molecule has 3 N–H and O–H groups in total. The molecule has 0 radical (unpaired) electrons. The highest BCUT2D eigenvalue weighted by Gasteiger charge is 2.37. The summed E-state index contributed by atoms with van der Waals surface area (Å²) in [4.78, 5) is 64.1. The predicted molar refractivity (Wildman–Crippen MR) is 194 cm³/mol. The number of carbonyl (C=O) groups excluding carboxylic acids is 4. The third-order valence-electron chi connectivity index (χ3n) is 8.85. The normalized spacial score (nSPS) is 17.2. The van der Waals surface area contributed by atoms with Crippen LogP contribution < -0.4 is 10.6 Å². The summed E-state index contributed by atoms with van der Waals surface area (Å²) in [5.74, 6) is -0.226. The minimum atomic E-state index is -0.608. The van der Waals surface area contributed by atoms with Crippen LogP contribution in [0.25, 0.3) is 33.0 Å². The number of thioether (sulfide) groups is 1. The first-order chi connectivity index (χ1) is 24.3. The van der Waals surface area contributed by atoms with Crippen LogP contribution in [0.15, 0.2) is 83.4 Å². The standard InChI is InChI=1S/C36H33N7O5S2/c1-49-30(37)35(46)42-18-4-7-26(42)31(44)39-23-14-10-21(11-15-23)28-20-38-33(48-28)22-12-16-24(17-13-22)40-32(45)27-8-5-19-43(27)36(47)34-41-25-6-2-3-9-29(25)50-34/h2-3,6,9-17,20,26-27,37H,4-5,7-8,18-19H2,1H3,(H,39,44)(H,40,45)/t26-,27-/m0/s1. The second-order valence-electron chi connectivity index (χ2n) is 12.0. The number of nitrogens with zero attached hydrogens (tertiary/aromatic N) is 4. The first-order valence-electron chi connectivity index (χ1n) is 16.2. The third-order valence-corrected chi connectivity index (χ3v) is 10.5. The van der Waals surface area contributed by atoms with Gasteiger partial charge in [0.15, 0.2) is 15.8 Å². The van der Waals surface area contributed by atoms with Crippen LogP contribution in [0.1, 0.15) is 35.5 Å². The molecular weight excluding hydrogens is 675 g/mol. The molecule has 254 valence electrons. The van der Waals surface area contributed by atoms with Crippen molar-refractivity contribution in [1.82, 2.24) is 19.8 Å². The number of anilines is 2. The molecule has 2 aromatic heterocycles. The lowest BCUT2D eigenvalue weighted by Gasteiger charge is -2.23. The number of hydrogen-bond donors (Lipinski definition) is 3. The second kappa shape index (κ2) is 14.3. The van der Waals surface area contributed by atoms with Crippen molar-refractivity contribution in [3.63, 3.8) is 0 Å². The summed E-state index contributed by atoms with van der Waals surface area (Å²) >= 11 is 2.40. The van der Waals surface area contributed by atoms with Gasteiger partial charge in [0.1, 0.15) is 12.1 Å². The molecule has 0 aliphatic carbocycles. The van der Waals surface area contributed by atoms with E-state index < -0.39 is 18.0 Å². The maximum absolute atomic E-state index is 13.3. The maximum Gasteiger partial charge on any atom is 0.283 e. The highest BCUT2D eigenvalue weighted by Crippen LogP contribution is 2.30. The average molecular weight is 708 g/mol. The van der Waals surface area contributed by atoms with Crippen LogP contribution >= 0.6 is 23.1 Å². The molecule has 3 aromatic carbocycles. The van der Waals surface area contributed by atoms with E-state index in [2.05, 4.69) is 20.6 Å². The minimum absolute atomic E-state index is 0.0782. The fourth-order valence-electron chi connectivity index (χ4n) is 6.28. The van der Waals surface area contributed by atoms with Crippen molar-refractivity contribution >= 4 is 73.4 Å². The minimum Gasteiger partial charge on any atom is -0.436 e. The highest BCUT2D eigenvalue weighted by molar-refractivity contribution is 8.15. The zero-order valence-corrected chi connectivity index (χ0v) is 28.7. The van der Waals surface area contributed by atoms with Gasteiger partial charge >= 0.3 is 0 Å². The molecule has 2 fully saturated rings. The zero-order chi connectivity index (χ0) is 34.8. The van der Waals surface area contributed by atoms with E-state index in [1.807, 2.05) is 36.4 Å². The number of para-hydroxylation sites is 1. The molecule has 2 aliphatic heterocycles. The van der Waals surface area contributed by atoms with Crippen LogP contribution in [0.4, 0.5) is 11.4 Å². The van der Waals surface area contributed by atoms with Gasteiger partial charge in [0.25, 0.3) is 11.8 Å². The lowest BCUT2D eigenvalue weighted by atomic mass is 10.1. The summed E-state index contributed by atoms with van der Waals surface area (Å²) in [7, 11) is 0. The number of amides is 4. The summed E-state index contributed by atoms with van der Waals surface area (Å²) < 4.78 is 6.97. The number of carbonyl (C=O) groups is 4. The number of hydrogen-bond acceptors (Lipinski definition) is 10. The smallest absolute Gasteiger partial charge is 0.283 e. The number of fused-ring (bicyclic) bond motifs is 1. The Labute approximate surface area is 295 Å². The van der Waals surface area contributed by atoms with Crippen molar-refractivity contribution in [2.45, 2.75) is 37.8 Å². The van der Waals surface area contributed by atoms with Gasteiger partial charge in [-0.25, -0.2) is 9.97 Å². The van der Waals surface area contributed by atoms with Crippen LogP contribution in [0.5, 0.6) is 0 Å². The van der Waals surface area contributed by atoms with Crippen molar-refractivity contribution in [2.24, 2.45) is 0 Å². The lowest BCUT2D eigenvalue weighted by molar-refractivity contribution is -0.131. The van der Waals surface area contributed by atoms with Gasteiger partial charge in [-0.2, -0.15) is 0 Å². The van der Waals surface area contributed by atoms with E-state index in [0.717, 1.165) is 39.5 Å². The molecule has 0 saturated carbocycles. The Morgan fingerprint density at radius 3 is 2.08 bits per heavy atom. The lowest BCUT2D eigenvalue weighted by Crippen LogP contribution is -2.45. The monoisotopic (exact) mass is 707 g/mol. The average Bonchev–Trinajstić information content (AvgIpc) is 3.97. The molecule has 2 atom stereocenters. The van der Waals surface area contributed by atoms with E-state index >= 15 is 0 Å². The number of likely N-dealkylation sites (tertiary alicyclic amines) is 2. The van der Waals surface area contributed by atoms with Gasteiger partial charge in [-0.3, -0.25) is 24.6 Å². The first-order valence-corrected chi connectivity index (χ1v) is 18.2. The molecule has 5 aromatic rings. The van der Waals surface area contributed by atoms with Crippen LogP contribution in [-0.4, -0.2) is 79.9 Å². The summed E-state index contributed by atoms with van der Waals surface area (Å²) in [5, 5.41) is 14.0. The topological polar surface area (TPSA) is 162 Å². The van der Waals surface area contributed by atoms with Gasteiger partial charge < -0.3 is 24.9 Å². The summed E-state index contributed by atoms with van der Waals surface area (Å²) in [6.45, 7) is 0.959. The van der Waals surface area contributed by atoms with Crippen molar-refractivity contribution < 1.29 is 23.6 Å². The van der Waals surface area contributed by atoms with Gasteiger partial charge in [0.2, 0.25) is 17.7 Å². The predicted octanol–water partition coefficient (Wildman–Crippen LogP) is 6.13. The Morgan fingerprint density at radius 2 is 1.44 bits per heavy atom. The van der Waals surface area contributed by atoms with Crippen molar-refractivity contribution in [3.05, 3.63) is 84.0 Å². The fraction of sp³-hybridized carbons (Fsp3) is 0.250. The Hall–Kier alpha value is -5.34. The molecule has 2 aliphatic rings. The molecular formula is C36H33N7O5S2. The van der Waals surface area contributed by atoms with Crippen LogP contribution in [-0.2, 0) is 14.4 Å². The maximum atomic E-state index is 13.3. The summed E-state index contributed by atoms with van der Waals surface area (Å²) in [5.41, 5.74) is 3.43. The van der Waals surface area contributed by atoms with E-state index in [9.17, 15) is 19.2 Å².